The molecule has 1 amide bonds. The molecule has 24 heavy (non-hydrogen) atoms. The lowest BCUT2D eigenvalue weighted by molar-refractivity contribution is -0.142. The fourth-order valence-electron chi connectivity index (χ4n) is 3.16. The molecule has 6 heteroatoms. The maximum atomic E-state index is 13.0. The van der Waals surface area contributed by atoms with E-state index in [1.165, 1.54) is 24.3 Å². The summed E-state index contributed by atoms with van der Waals surface area (Å²) in [6, 6.07) is 4.02. The largest absolute Gasteiger partial charge is 0.479 e. The average Bonchev–Trinajstić information content (AvgIpc) is 2.55. The van der Waals surface area contributed by atoms with Gasteiger partial charge in [-0.3, -0.25) is 4.79 Å². The molecule has 1 fully saturated rings. The number of piperidine rings is 1. The summed E-state index contributed by atoms with van der Waals surface area (Å²) in [4.78, 5) is 26.0. The zero-order valence-corrected chi connectivity index (χ0v) is 14.0. The van der Waals surface area contributed by atoms with Crippen LogP contribution < -0.4 is 5.32 Å². The highest BCUT2D eigenvalue weighted by molar-refractivity contribution is 5.84. The third-order valence-corrected chi connectivity index (χ3v) is 4.48. The van der Waals surface area contributed by atoms with Crippen LogP contribution >= 0.6 is 0 Å². The minimum absolute atomic E-state index is 0.263. The van der Waals surface area contributed by atoms with E-state index in [2.05, 4.69) is 17.1 Å². The summed E-state index contributed by atoms with van der Waals surface area (Å²) in [7, 11) is 0. The van der Waals surface area contributed by atoms with Crippen LogP contribution in [0.3, 0.4) is 0 Å². The molecular formula is C18H25FN2O3. The van der Waals surface area contributed by atoms with Crippen LogP contribution in [0.4, 0.5) is 4.39 Å². The van der Waals surface area contributed by atoms with E-state index in [1.807, 2.05) is 0 Å². The van der Waals surface area contributed by atoms with Gasteiger partial charge in [0.1, 0.15) is 5.82 Å². The second-order valence-corrected chi connectivity index (χ2v) is 6.38. The Kier molecular flexibility index (Phi) is 6.73. The normalized spacial score (nSPS) is 17.4. The van der Waals surface area contributed by atoms with Crippen LogP contribution in [-0.2, 0) is 9.59 Å². The number of likely N-dealkylation sites (tertiary alicyclic amines) is 1. The number of hydrogen-bond donors (Lipinski definition) is 2. The van der Waals surface area contributed by atoms with Gasteiger partial charge in [-0.1, -0.05) is 19.1 Å². The number of halogens is 1. The Morgan fingerprint density at radius 2 is 1.92 bits per heavy atom. The van der Waals surface area contributed by atoms with Gasteiger partial charge in [-0.25, -0.2) is 9.18 Å². The molecule has 1 aromatic carbocycles. The standard InChI is InChI=1S/C18H25FN2O3/c1-2-9-21-10-7-13(8-11-21)12-16(22)20-17(18(23)24)14-3-5-15(19)6-4-14/h3-6,13,17H,2,7-12H2,1H3,(H,20,22)(H,23,24)/t17-/m1/s1. The molecule has 0 saturated carbocycles. The Morgan fingerprint density at radius 3 is 2.46 bits per heavy atom. The first kappa shape index (κ1) is 18.4. The number of rotatable bonds is 7. The first-order valence-corrected chi connectivity index (χ1v) is 8.49. The summed E-state index contributed by atoms with van der Waals surface area (Å²) in [5.74, 6) is -1.55. The van der Waals surface area contributed by atoms with Crippen molar-refractivity contribution in [3.63, 3.8) is 0 Å². The third-order valence-electron chi connectivity index (χ3n) is 4.48. The number of benzene rings is 1. The van der Waals surface area contributed by atoms with Crippen molar-refractivity contribution < 1.29 is 19.1 Å². The van der Waals surface area contributed by atoms with Crippen LogP contribution in [0.15, 0.2) is 24.3 Å². The van der Waals surface area contributed by atoms with Crippen LogP contribution in [0.25, 0.3) is 0 Å². The van der Waals surface area contributed by atoms with E-state index in [9.17, 15) is 19.1 Å². The van der Waals surface area contributed by atoms with Gasteiger partial charge in [0, 0.05) is 6.42 Å². The maximum Gasteiger partial charge on any atom is 0.330 e. The summed E-state index contributed by atoms with van der Waals surface area (Å²) in [5.41, 5.74) is 0.370. The first-order valence-electron chi connectivity index (χ1n) is 8.49. The van der Waals surface area contributed by atoms with Gasteiger partial charge in [0.25, 0.3) is 0 Å². The van der Waals surface area contributed by atoms with Gasteiger partial charge in [-0.15, -0.1) is 0 Å². The molecule has 0 bridgehead atoms. The Balaban J connectivity index is 1.87. The van der Waals surface area contributed by atoms with Gasteiger partial charge < -0.3 is 15.3 Å². The molecule has 5 nitrogen and oxygen atoms in total. The van der Waals surface area contributed by atoms with Crippen LogP contribution in [0.5, 0.6) is 0 Å². The van der Waals surface area contributed by atoms with Crippen molar-refractivity contribution in [3.8, 4) is 0 Å². The fourth-order valence-corrected chi connectivity index (χ4v) is 3.16. The molecule has 1 aliphatic rings. The number of carbonyl (C=O) groups excluding carboxylic acids is 1. The van der Waals surface area contributed by atoms with Crippen molar-refractivity contribution in [1.29, 1.82) is 0 Å². The molecule has 0 radical (unpaired) electrons. The van der Waals surface area contributed by atoms with Crippen molar-refractivity contribution in [2.75, 3.05) is 19.6 Å². The lowest BCUT2D eigenvalue weighted by Gasteiger charge is -2.31. The number of aliphatic carboxylic acids is 1. The average molecular weight is 336 g/mol. The molecule has 1 aliphatic heterocycles. The number of carbonyl (C=O) groups is 2. The van der Waals surface area contributed by atoms with E-state index in [-0.39, 0.29) is 5.91 Å². The number of carboxylic acids is 1. The predicted molar refractivity (Wildman–Crippen MR) is 89.0 cm³/mol. The van der Waals surface area contributed by atoms with E-state index in [4.69, 9.17) is 0 Å². The topological polar surface area (TPSA) is 69.6 Å². The lowest BCUT2D eigenvalue weighted by Crippen LogP contribution is -2.38. The molecule has 132 valence electrons. The SMILES string of the molecule is CCCN1CCC(CC(=O)N[C@@H](C(=O)O)c2ccc(F)cc2)CC1. The molecule has 0 unspecified atom stereocenters. The quantitative estimate of drug-likeness (QED) is 0.803. The molecule has 0 spiro atoms. The Labute approximate surface area is 141 Å². The van der Waals surface area contributed by atoms with Crippen molar-refractivity contribution in [2.45, 2.75) is 38.6 Å². The van der Waals surface area contributed by atoms with Crippen LogP contribution in [0.1, 0.15) is 44.2 Å². The van der Waals surface area contributed by atoms with E-state index >= 15 is 0 Å². The summed E-state index contributed by atoms with van der Waals surface area (Å²) in [6.45, 7) is 5.23. The minimum atomic E-state index is -1.15. The maximum absolute atomic E-state index is 13.0. The Bertz CT molecular complexity index is 554. The predicted octanol–water partition coefficient (Wildman–Crippen LogP) is 2.58. The zero-order valence-electron chi connectivity index (χ0n) is 14.0. The number of nitrogens with zero attached hydrogens (tertiary/aromatic N) is 1. The van der Waals surface area contributed by atoms with Gasteiger partial charge >= 0.3 is 5.97 Å². The van der Waals surface area contributed by atoms with Crippen LogP contribution in [0, 0.1) is 11.7 Å². The minimum Gasteiger partial charge on any atom is -0.479 e. The Morgan fingerprint density at radius 1 is 1.29 bits per heavy atom. The lowest BCUT2D eigenvalue weighted by atomic mass is 9.93. The second-order valence-electron chi connectivity index (χ2n) is 6.38. The highest BCUT2D eigenvalue weighted by atomic mass is 19.1. The third kappa shape index (κ3) is 5.30. The first-order chi connectivity index (χ1) is 11.5. The smallest absolute Gasteiger partial charge is 0.330 e. The van der Waals surface area contributed by atoms with Crippen molar-refractivity contribution in [2.24, 2.45) is 5.92 Å². The van der Waals surface area contributed by atoms with Crippen molar-refractivity contribution in [3.05, 3.63) is 35.6 Å². The van der Waals surface area contributed by atoms with E-state index in [0.717, 1.165) is 38.9 Å². The van der Waals surface area contributed by atoms with Crippen molar-refractivity contribution in [1.82, 2.24) is 10.2 Å². The van der Waals surface area contributed by atoms with Crippen LogP contribution in [-0.4, -0.2) is 41.5 Å². The monoisotopic (exact) mass is 336 g/mol. The number of hydrogen-bond acceptors (Lipinski definition) is 3. The van der Waals surface area contributed by atoms with E-state index < -0.39 is 17.8 Å². The summed E-state index contributed by atoms with van der Waals surface area (Å²) >= 11 is 0. The second kappa shape index (κ2) is 8.78. The van der Waals surface area contributed by atoms with Gasteiger partial charge in [-0.05, 0) is 62.5 Å². The molecule has 1 atom stereocenters. The number of nitrogens with one attached hydrogen (secondary N) is 1. The number of carboxylic acid groups (broad SMARTS) is 1. The fraction of sp³-hybridized carbons (Fsp3) is 0.556. The van der Waals surface area contributed by atoms with Gasteiger partial charge in [-0.2, -0.15) is 0 Å². The summed E-state index contributed by atoms with van der Waals surface area (Å²) in [5, 5.41) is 11.9. The molecule has 2 N–H and O–H groups in total. The van der Waals surface area contributed by atoms with Gasteiger partial charge in [0.05, 0.1) is 0 Å². The van der Waals surface area contributed by atoms with Gasteiger partial charge in [0.15, 0.2) is 6.04 Å². The Hall–Kier alpha value is -1.95. The van der Waals surface area contributed by atoms with Gasteiger partial charge in [0.2, 0.25) is 5.91 Å². The van der Waals surface area contributed by atoms with Crippen molar-refractivity contribution >= 4 is 11.9 Å². The molecule has 1 saturated heterocycles. The molecular weight excluding hydrogens is 311 g/mol. The molecule has 2 rings (SSSR count). The molecule has 1 heterocycles. The summed E-state index contributed by atoms with van der Waals surface area (Å²) < 4.78 is 13.0. The molecule has 1 aromatic rings. The highest BCUT2D eigenvalue weighted by Crippen LogP contribution is 2.21. The van der Waals surface area contributed by atoms with Crippen LogP contribution in [0.2, 0.25) is 0 Å². The zero-order chi connectivity index (χ0) is 17.5. The summed E-state index contributed by atoms with van der Waals surface area (Å²) in [6.07, 6.45) is 3.39. The van der Waals surface area contributed by atoms with E-state index in [0.29, 0.717) is 17.9 Å². The number of amides is 1. The van der Waals surface area contributed by atoms with E-state index in [1.54, 1.807) is 0 Å². The highest BCUT2D eigenvalue weighted by Gasteiger charge is 2.25. The molecule has 0 aromatic heterocycles. The molecule has 0 aliphatic carbocycles.